The average Bonchev–Trinajstić information content (AvgIpc) is 2.54. The van der Waals surface area contributed by atoms with Gasteiger partial charge >= 0.3 is 0 Å². The molecule has 0 bridgehead atoms. The molecule has 144 valence electrons. The van der Waals surface area contributed by atoms with E-state index in [2.05, 4.69) is 5.32 Å². The Balaban J connectivity index is 1.92. The first-order valence-electron chi connectivity index (χ1n) is 8.28. The topological polar surface area (TPSA) is 32.3 Å². The van der Waals surface area contributed by atoms with Crippen LogP contribution in [-0.2, 0) is 4.79 Å². The Morgan fingerprint density at radius 3 is 2.33 bits per heavy atom. The number of hydrogen-bond donors (Lipinski definition) is 1. The van der Waals surface area contributed by atoms with Crippen molar-refractivity contribution in [2.75, 3.05) is 11.9 Å². The van der Waals surface area contributed by atoms with Gasteiger partial charge in [-0.25, -0.2) is 17.6 Å². The van der Waals surface area contributed by atoms with Crippen molar-refractivity contribution < 1.29 is 22.4 Å². The van der Waals surface area contributed by atoms with Crippen molar-refractivity contribution in [1.82, 2.24) is 5.32 Å². The van der Waals surface area contributed by atoms with Crippen LogP contribution in [0.4, 0.5) is 23.2 Å². The molecular formula is C19H17ClF4N2O. The van der Waals surface area contributed by atoms with Gasteiger partial charge in [0.05, 0.1) is 0 Å². The summed E-state index contributed by atoms with van der Waals surface area (Å²) in [7, 11) is 1.48. The molecule has 1 fully saturated rings. The lowest BCUT2D eigenvalue weighted by Crippen LogP contribution is -2.53. The maximum Gasteiger partial charge on any atom is 0.252 e. The first-order chi connectivity index (χ1) is 12.7. The van der Waals surface area contributed by atoms with Crippen LogP contribution in [0.5, 0.6) is 0 Å². The van der Waals surface area contributed by atoms with E-state index in [0.29, 0.717) is 5.56 Å². The van der Waals surface area contributed by atoms with Gasteiger partial charge in [0.15, 0.2) is 0 Å². The van der Waals surface area contributed by atoms with E-state index < -0.39 is 48.4 Å². The highest BCUT2D eigenvalue weighted by Crippen LogP contribution is 2.38. The first kappa shape index (κ1) is 19.5. The summed E-state index contributed by atoms with van der Waals surface area (Å²) in [4.78, 5) is 14.2. The van der Waals surface area contributed by atoms with Gasteiger partial charge in [0.1, 0.15) is 17.7 Å². The van der Waals surface area contributed by atoms with Crippen molar-refractivity contribution in [1.29, 1.82) is 0 Å². The first-order valence-corrected chi connectivity index (χ1v) is 8.66. The quantitative estimate of drug-likeness (QED) is 0.737. The highest BCUT2D eigenvalue weighted by atomic mass is 35.5. The van der Waals surface area contributed by atoms with E-state index in [1.54, 1.807) is 24.3 Å². The summed E-state index contributed by atoms with van der Waals surface area (Å²) in [6, 6.07) is 7.70. The van der Waals surface area contributed by atoms with E-state index in [1.807, 2.05) is 0 Å². The molecule has 0 saturated heterocycles. The van der Waals surface area contributed by atoms with E-state index in [1.165, 1.54) is 11.9 Å². The van der Waals surface area contributed by atoms with Crippen LogP contribution in [0.1, 0.15) is 24.4 Å². The third-order valence-electron chi connectivity index (χ3n) is 4.53. The van der Waals surface area contributed by atoms with Crippen molar-refractivity contribution in [3.05, 3.63) is 64.7 Å². The normalized spacial score (nSPS) is 17.1. The molecule has 1 amide bonds. The maximum absolute atomic E-state index is 13.6. The highest BCUT2D eigenvalue weighted by molar-refractivity contribution is 6.31. The molecule has 0 aromatic heterocycles. The van der Waals surface area contributed by atoms with Gasteiger partial charge in [-0.1, -0.05) is 29.8 Å². The second-order valence-corrected chi connectivity index (χ2v) is 7.04. The van der Waals surface area contributed by atoms with Crippen LogP contribution in [0.3, 0.4) is 0 Å². The van der Waals surface area contributed by atoms with Gasteiger partial charge in [0.2, 0.25) is 5.91 Å². The zero-order chi connectivity index (χ0) is 19.8. The third-order valence-corrected chi connectivity index (χ3v) is 4.87. The molecule has 1 N–H and O–H groups in total. The molecule has 1 saturated carbocycles. The Morgan fingerprint density at radius 1 is 1.19 bits per heavy atom. The van der Waals surface area contributed by atoms with E-state index in [-0.39, 0.29) is 10.7 Å². The number of likely N-dealkylation sites (N-methyl/N-ethyl adjacent to an activating group) is 1. The number of anilines is 1. The Morgan fingerprint density at radius 2 is 1.78 bits per heavy atom. The molecule has 3 rings (SSSR count). The molecule has 1 unspecified atom stereocenters. The zero-order valence-corrected chi connectivity index (χ0v) is 15.1. The van der Waals surface area contributed by atoms with E-state index in [4.69, 9.17) is 11.6 Å². The number of nitrogens with one attached hydrogen (secondary N) is 1. The van der Waals surface area contributed by atoms with Crippen LogP contribution in [0.15, 0.2) is 42.5 Å². The van der Waals surface area contributed by atoms with Gasteiger partial charge in [-0.15, -0.1) is 0 Å². The highest BCUT2D eigenvalue weighted by Gasteiger charge is 2.46. The summed E-state index contributed by atoms with van der Waals surface area (Å²) in [5, 5.41) is 2.85. The second kappa shape index (κ2) is 7.38. The zero-order valence-electron chi connectivity index (χ0n) is 14.4. The lowest BCUT2D eigenvalue weighted by Gasteiger charge is -2.37. The Kier molecular flexibility index (Phi) is 5.33. The fourth-order valence-electron chi connectivity index (χ4n) is 3.16. The molecule has 1 aliphatic rings. The fraction of sp³-hybridized carbons (Fsp3) is 0.316. The lowest BCUT2D eigenvalue weighted by molar-refractivity contribution is -0.130. The van der Waals surface area contributed by atoms with Crippen LogP contribution >= 0.6 is 11.6 Å². The smallest absolute Gasteiger partial charge is 0.252 e. The Labute approximate surface area is 158 Å². The number of hydrogen-bond acceptors (Lipinski definition) is 2. The molecule has 27 heavy (non-hydrogen) atoms. The van der Waals surface area contributed by atoms with Crippen molar-refractivity contribution in [3.63, 3.8) is 0 Å². The Bertz CT molecular complexity index is 833. The molecule has 0 aliphatic heterocycles. The van der Waals surface area contributed by atoms with Crippen molar-refractivity contribution in [2.24, 2.45) is 0 Å². The average molecular weight is 401 g/mol. The number of benzene rings is 2. The lowest BCUT2D eigenvalue weighted by atomic mass is 9.88. The molecular weight excluding hydrogens is 384 g/mol. The molecule has 1 atom stereocenters. The molecule has 2 aromatic carbocycles. The van der Waals surface area contributed by atoms with E-state index in [0.717, 1.165) is 18.2 Å². The van der Waals surface area contributed by atoms with Crippen molar-refractivity contribution >= 4 is 23.2 Å². The summed E-state index contributed by atoms with van der Waals surface area (Å²) in [6.45, 7) is 0. The standard InChI is InChI=1S/C19H17ClF4N2O/c1-26(14-7-11(21)6-12(22)8-14)17(15-4-2-3-5-16(15)20)18(27)25-13-9-19(23,24)10-13/h2-8,13,17H,9-10H2,1H3,(H,25,27). The monoisotopic (exact) mass is 400 g/mol. The molecule has 0 radical (unpaired) electrons. The van der Waals surface area contributed by atoms with Crippen LogP contribution < -0.4 is 10.2 Å². The number of rotatable bonds is 5. The summed E-state index contributed by atoms with van der Waals surface area (Å²) in [6.07, 6.45) is -0.876. The SMILES string of the molecule is CN(c1cc(F)cc(F)c1)C(C(=O)NC1CC(F)(F)C1)c1ccccc1Cl. The minimum absolute atomic E-state index is 0.117. The predicted octanol–water partition coefficient (Wildman–Crippen LogP) is 4.71. The van der Waals surface area contributed by atoms with E-state index in [9.17, 15) is 22.4 Å². The summed E-state index contributed by atoms with van der Waals surface area (Å²) >= 11 is 6.21. The number of carbonyl (C=O) groups excluding carboxylic acids is 1. The van der Waals surface area contributed by atoms with Gasteiger partial charge in [-0.2, -0.15) is 0 Å². The summed E-state index contributed by atoms with van der Waals surface area (Å²) in [5.41, 5.74) is 0.515. The van der Waals surface area contributed by atoms with Crippen LogP contribution in [-0.4, -0.2) is 24.9 Å². The number of nitrogens with zero attached hydrogens (tertiary/aromatic N) is 1. The predicted molar refractivity (Wildman–Crippen MR) is 95.1 cm³/mol. The number of carbonyl (C=O) groups is 1. The largest absolute Gasteiger partial charge is 0.359 e. The number of alkyl halides is 2. The number of amides is 1. The molecule has 3 nitrogen and oxygen atoms in total. The molecule has 0 heterocycles. The number of halogens is 5. The van der Waals surface area contributed by atoms with Gasteiger partial charge in [0.25, 0.3) is 5.92 Å². The molecule has 8 heteroatoms. The van der Waals surface area contributed by atoms with Crippen LogP contribution in [0.25, 0.3) is 0 Å². The van der Waals surface area contributed by atoms with Gasteiger partial charge < -0.3 is 10.2 Å². The van der Waals surface area contributed by atoms with Crippen molar-refractivity contribution in [2.45, 2.75) is 30.8 Å². The fourth-order valence-corrected chi connectivity index (χ4v) is 3.40. The molecule has 1 aliphatic carbocycles. The van der Waals surface area contributed by atoms with Gasteiger partial charge in [-0.05, 0) is 18.2 Å². The van der Waals surface area contributed by atoms with E-state index >= 15 is 0 Å². The maximum atomic E-state index is 13.6. The summed E-state index contributed by atoms with van der Waals surface area (Å²) in [5.74, 6) is -4.95. The second-order valence-electron chi connectivity index (χ2n) is 6.63. The van der Waals surface area contributed by atoms with Crippen LogP contribution in [0, 0.1) is 11.6 Å². The summed E-state index contributed by atoms with van der Waals surface area (Å²) < 4.78 is 53.4. The Hall–Kier alpha value is -2.28. The third kappa shape index (κ3) is 4.35. The molecule has 0 spiro atoms. The van der Waals surface area contributed by atoms with Crippen molar-refractivity contribution in [3.8, 4) is 0 Å². The van der Waals surface area contributed by atoms with Crippen LogP contribution in [0.2, 0.25) is 5.02 Å². The molecule has 2 aromatic rings. The van der Waals surface area contributed by atoms with Gasteiger partial charge in [0, 0.05) is 48.3 Å². The van der Waals surface area contributed by atoms with Gasteiger partial charge in [-0.3, -0.25) is 4.79 Å². The minimum atomic E-state index is -2.78. The minimum Gasteiger partial charge on any atom is -0.359 e.